The molecule has 0 aliphatic rings. The van der Waals surface area contributed by atoms with Gasteiger partial charge in [-0.15, -0.1) is 0 Å². The Morgan fingerprint density at radius 3 is 2.84 bits per heavy atom. The van der Waals surface area contributed by atoms with Crippen molar-refractivity contribution < 1.29 is 9.59 Å². The third-order valence-electron chi connectivity index (χ3n) is 2.60. The highest BCUT2D eigenvalue weighted by atomic mass is 16.2. The lowest BCUT2D eigenvalue weighted by atomic mass is 10.1. The van der Waals surface area contributed by atoms with Gasteiger partial charge in [-0.05, 0) is 17.7 Å². The van der Waals surface area contributed by atoms with Crippen molar-refractivity contribution in [3.8, 4) is 0 Å². The zero-order valence-electron chi connectivity index (χ0n) is 10.5. The Morgan fingerprint density at radius 1 is 1.42 bits per heavy atom. The van der Waals surface area contributed by atoms with E-state index in [4.69, 9.17) is 5.73 Å². The largest absolute Gasteiger partial charge is 0.366 e. The van der Waals surface area contributed by atoms with Crippen LogP contribution >= 0.6 is 0 Å². The molecule has 1 aromatic heterocycles. The molecule has 0 spiro atoms. The maximum atomic E-state index is 11.8. The average Bonchev–Trinajstić information content (AvgIpc) is 2.83. The Morgan fingerprint density at radius 2 is 2.21 bits per heavy atom. The summed E-state index contributed by atoms with van der Waals surface area (Å²) in [5.74, 6) is -0.747. The standard InChI is InChI=1S/C13H14N4O2/c1-17-7-11(16-8-17)13(19)15-6-9-3-2-4-10(5-9)12(14)18/h2-5,7-8H,6H2,1H3,(H2,14,18)(H,15,19). The highest BCUT2D eigenvalue weighted by molar-refractivity contribution is 5.93. The van der Waals surface area contributed by atoms with Crippen molar-refractivity contribution in [1.29, 1.82) is 0 Å². The van der Waals surface area contributed by atoms with Gasteiger partial charge in [0.2, 0.25) is 5.91 Å². The second kappa shape index (κ2) is 5.34. The van der Waals surface area contributed by atoms with Gasteiger partial charge in [-0.25, -0.2) is 4.98 Å². The highest BCUT2D eigenvalue weighted by Crippen LogP contribution is 2.05. The Bertz CT molecular complexity index is 619. The normalized spacial score (nSPS) is 10.2. The molecule has 1 heterocycles. The number of benzene rings is 1. The molecule has 19 heavy (non-hydrogen) atoms. The van der Waals surface area contributed by atoms with Crippen molar-refractivity contribution in [2.75, 3.05) is 0 Å². The molecule has 0 bridgehead atoms. The van der Waals surface area contributed by atoms with Gasteiger partial charge >= 0.3 is 0 Å². The molecule has 0 radical (unpaired) electrons. The number of hydrogen-bond donors (Lipinski definition) is 2. The lowest BCUT2D eigenvalue weighted by molar-refractivity contribution is 0.0945. The molecular formula is C13H14N4O2. The molecule has 2 aromatic rings. The van der Waals surface area contributed by atoms with Gasteiger partial charge in [0, 0.05) is 25.4 Å². The van der Waals surface area contributed by atoms with Crippen LogP contribution in [0.25, 0.3) is 0 Å². The maximum absolute atomic E-state index is 11.8. The molecule has 3 N–H and O–H groups in total. The van der Waals surface area contributed by atoms with Crippen LogP contribution in [0.5, 0.6) is 0 Å². The molecular weight excluding hydrogens is 244 g/mol. The number of aryl methyl sites for hydroxylation is 1. The van der Waals surface area contributed by atoms with Crippen LogP contribution in [-0.4, -0.2) is 21.4 Å². The van der Waals surface area contributed by atoms with Crippen molar-refractivity contribution in [2.24, 2.45) is 12.8 Å². The summed E-state index contributed by atoms with van der Waals surface area (Å²) in [6.45, 7) is 0.316. The minimum Gasteiger partial charge on any atom is -0.366 e. The minimum absolute atomic E-state index is 0.259. The molecule has 0 aliphatic heterocycles. The fourth-order valence-electron chi connectivity index (χ4n) is 1.64. The smallest absolute Gasteiger partial charge is 0.271 e. The van der Waals surface area contributed by atoms with E-state index >= 15 is 0 Å². The third-order valence-corrected chi connectivity index (χ3v) is 2.60. The number of rotatable bonds is 4. The van der Waals surface area contributed by atoms with Gasteiger partial charge in [-0.1, -0.05) is 12.1 Å². The number of carbonyl (C=O) groups excluding carboxylic acids is 2. The van der Waals surface area contributed by atoms with Gasteiger partial charge in [0.25, 0.3) is 5.91 Å². The van der Waals surface area contributed by atoms with E-state index < -0.39 is 5.91 Å². The Hall–Kier alpha value is -2.63. The van der Waals surface area contributed by atoms with Gasteiger partial charge in [-0.2, -0.15) is 0 Å². The number of primary amides is 1. The number of nitrogens with two attached hydrogens (primary N) is 1. The molecule has 6 heteroatoms. The third kappa shape index (κ3) is 3.19. The molecule has 0 saturated heterocycles. The maximum Gasteiger partial charge on any atom is 0.271 e. The molecule has 98 valence electrons. The number of carbonyl (C=O) groups is 2. The summed E-state index contributed by atoms with van der Waals surface area (Å²) in [5, 5.41) is 2.73. The molecule has 6 nitrogen and oxygen atoms in total. The Balaban J connectivity index is 2.01. The summed E-state index contributed by atoms with van der Waals surface area (Å²) in [6.07, 6.45) is 3.19. The van der Waals surface area contributed by atoms with E-state index in [1.165, 1.54) is 0 Å². The summed E-state index contributed by atoms with van der Waals surface area (Å²) in [7, 11) is 1.79. The fraction of sp³-hybridized carbons (Fsp3) is 0.154. The van der Waals surface area contributed by atoms with Crippen molar-refractivity contribution in [3.63, 3.8) is 0 Å². The van der Waals surface area contributed by atoms with Crippen LogP contribution in [0.15, 0.2) is 36.8 Å². The number of nitrogens with zero attached hydrogens (tertiary/aromatic N) is 2. The summed E-state index contributed by atoms with van der Waals surface area (Å²) in [5.41, 5.74) is 6.78. The zero-order chi connectivity index (χ0) is 13.8. The SMILES string of the molecule is Cn1cnc(C(=O)NCc2cccc(C(N)=O)c2)c1. The minimum atomic E-state index is -0.488. The summed E-state index contributed by atoms with van der Waals surface area (Å²) in [4.78, 5) is 26.8. The van der Waals surface area contributed by atoms with E-state index in [2.05, 4.69) is 10.3 Å². The summed E-state index contributed by atoms with van der Waals surface area (Å²) in [6, 6.07) is 6.82. The first-order valence-corrected chi connectivity index (χ1v) is 5.71. The van der Waals surface area contributed by atoms with E-state index in [0.717, 1.165) is 5.56 Å². The predicted molar refractivity (Wildman–Crippen MR) is 69.3 cm³/mol. The molecule has 0 saturated carbocycles. The number of imidazole rings is 1. The highest BCUT2D eigenvalue weighted by Gasteiger charge is 2.08. The predicted octanol–water partition coefficient (Wildman–Crippen LogP) is 0.449. The number of aromatic nitrogens is 2. The van der Waals surface area contributed by atoms with Crippen molar-refractivity contribution >= 4 is 11.8 Å². The van der Waals surface area contributed by atoms with Gasteiger partial charge in [0.05, 0.1) is 6.33 Å². The molecule has 0 aliphatic carbocycles. The van der Waals surface area contributed by atoms with Gasteiger partial charge < -0.3 is 15.6 Å². The van der Waals surface area contributed by atoms with Crippen molar-refractivity contribution in [2.45, 2.75) is 6.54 Å². The second-order valence-corrected chi connectivity index (χ2v) is 4.17. The molecule has 0 atom stereocenters. The van der Waals surface area contributed by atoms with Crippen molar-refractivity contribution in [1.82, 2.24) is 14.9 Å². The zero-order valence-corrected chi connectivity index (χ0v) is 10.5. The van der Waals surface area contributed by atoms with Crippen LogP contribution in [0, 0.1) is 0 Å². The number of hydrogen-bond acceptors (Lipinski definition) is 3. The molecule has 0 fully saturated rings. The second-order valence-electron chi connectivity index (χ2n) is 4.17. The molecule has 2 amide bonds. The van der Waals surface area contributed by atoms with Gasteiger partial charge in [0.1, 0.15) is 5.69 Å². The first-order chi connectivity index (χ1) is 9.06. The van der Waals surface area contributed by atoms with Crippen LogP contribution in [0.1, 0.15) is 26.4 Å². The van der Waals surface area contributed by atoms with Crippen LogP contribution in [0.4, 0.5) is 0 Å². The van der Waals surface area contributed by atoms with Crippen LogP contribution in [-0.2, 0) is 13.6 Å². The van der Waals surface area contributed by atoms with Crippen LogP contribution < -0.4 is 11.1 Å². The van der Waals surface area contributed by atoms with E-state index in [-0.39, 0.29) is 5.91 Å². The summed E-state index contributed by atoms with van der Waals surface area (Å²) >= 11 is 0. The fourth-order valence-corrected chi connectivity index (χ4v) is 1.64. The molecule has 1 aromatic carbocycles. The van der Waals surface area contributed by atoms with E-state index in [0.29, 0.717) is 17.8 Å². The topological polar surface area (TPSA) is 90.0 Å². The Labute approximate surface area is 110 Å². The number of amides is 2. The average molecular weight is 258 g/mol. The quantitative estimate of drug-likeness (QED) is 0.834. The van der Waals surface area contributed by atoms with Gasteiger partial charge in [-0.3, -0.25) is 9.59 Å². The monoisotopic (exact) mass is 258 g/mol. The van der Waals surface area contributed by atoms with Crippen LogP contribution in [0.2, 0.25) is 0 Å². The molecule has 0 unspecified atom stereocenters. The van der Waals surface area contributed by atoms with Gasteiger partial charge in [0.15, 0.2) is 0 Å². The first kappa shape index (κ1) is 12.8. The van der Waals surface area contributed by atoms with E-state index in [1.54, 1.807) is 42.3 Å². The lowest BCUT2D eigenvalue weighted by Crippen LogP contribution is -2.23. The lowest BCUT2D eigenvalue weighted by Gasteiger charge is -2.04. The first-order valence-electron chi connectivity index (χ1n) is 5.71. The number of nitrogens with one attached hydrogen (secondary N) is 1. The van der Waals surface area contributed by atoms with E-state index in [1.807, 2.05) is 6.07 Å². The Kier molecular flexibility index (Phi) is 3.61. The van der Waals surface area contributed by atoms with Crippen LogP contribution in [0.3, 0.4) is 0 Å². The molecule has 2 rings (SSSR count). The van der Waals surface area contributed by atoms with E-state index in [9.17, 15) is 9.59 Å². The summed E-state index contributed by atoms with van der Waals surface area (Å²) < 4.78 is 1.70. The van der Waals surface area contributed by atoms with Crippen molar-refractivity contribution in [3.05, 3.63) is 53.6 Å².